The van der Waals surface area contributed by atoms with E-state index in [0.717, 1.165) is 25.7 Å². The Labute approximate surface area is 170 Å². The number of rotatable bonds is 11. The van der Waals surface area contributed by atoms with Gasteiger partial charge in [0.05, 0.1) is 12.2 Å². The monoisotopic (exact) mass is 404 g/mol. The molecule has 2 aliphatic heterocycles. The summed E-state index contributed by atoms with van der Waals surface area (Å²) in [5.41, 5.74) is 0. The first-order chi connectivity index (χ1) is 14.0. The van der Waals surface area contributed by atoms with Crippen molar-refractivity contribution in [2.75, 3.05) is 6.61 Å². The van der Waals surface area contributed by atoms with Gasteiger partial charge in [-0.3, -0.25) is 4.79 Å². The lowest BCUT2D eigenvalue weighted by atomic mass is 9.77. The van der Waals surface area contributed by atoms with Crippen LogP contribution in [0.1, 0.15) is 38.5 Å². The maximum absolute atomic E-state index is 12.9. The van der Waals surface area contributed by atoms with Crippen molar-refractivity contribution in [1.29, 1.82) is 0 Å². The zero-order valence-electron chi connectivity index (χ0n) is 16.5. The Morgan fingerprint density at radius 2 is 2.00 bits per heavy atom. The summed E-state index contributed by atoms with van der Waals surface area (Å²) in [7, 11) is 0. The first kappa shape index (κ1) is 21.5. The molecule has 2 saturated heterocycles. The summed E-state index contributed by atoms with van der Waals surface area (Å²) >= 11 is 0. The van der Waals surface area contributed by atoms with Crippen molar-refractivity contribution in [3.05, 3.63) is 54.4 Å². The number of hydrogen-bond acceptors (Lipinski definition) is 4. The lowest BCUT2D eigenvalue weighted by molar-refractivity contribution is -0.137. The van der Waals surface area contributed by atoms with Crippen LogP contribution in [0.25, 0.3) is 0 Å². The molecule has 6 heteroatoms. The zero-order chi connectivity index (χ0) is 20.6. The van der Waals surface area contributed by atoms with Gasteiger partial charge in [-0.05, 0) is 62.3 Å². The summed E-state index contributed by atoms with van der Waals surface area (Å²) in [6, 6.07) is 5.72. The average molecular weight is 404 g/mol. The van der Waals surface area contributed by atoms with Crippen LogP contribution in [0.3, 0.4) is 0 Å². The first-order valence-electron chi connectivity index (χ1n) is 10.3. The molecule has 2 fully saturated rings. The molecule has 2 heterocycles. The first-order valence-corrected chi connectivity index (χ1v) is 10.3. The number of carbonyl (C=O) groups is 1. The molecule has 5 nitrogen and oxygen atoms in total. The minimum Gasteiger partial charge on any atom is -0.491 e. The van der Waals surface area contributed by atoms with Crippen LogP contribution in [0.5, 0.6) is 5.75 Å². The second kappa shape index (κ2) is 10.6. The van der Waals surface area contributed by atoms with E-state index in [1.807, 2.05) is 6.08 Å². The molecule has 29 heavy (non-hydrogen) atoms. The highest BCUT2D eigenvalue weighted by molar-refractivity contribution is 5.66. The van der Waals surface area contributed by atoms with Crippen molar-refractivity contribution in [1.82, 2.24) is 0 Å². The number of fused-ring (bicyclic) bond motifs is 2. The number of carboxylic acid groups (broad SMARTS) is 1. The van der Waals surface area contributed by atoms with E-state index < -0.39 is 12.1 Å². The standard InChI is InChI=1S/C23H29FO5/c24-16-7-10-18(11-8-16)28-15-17(25)9-12-20-19(21-13-14-22(20)29-21)5-3-1-2-4-6-23(26)27/h1,3,7-12,17,19-22,25H,2,4-6,13-15H2,(H,26,27). The predicted molar refractivity (Wildman–Crippen MR) is 107 cm³/mol. The van der Waals surface area contributed by atoms with Crippen molar-refractivity contribution >= 4 is 5.97 Å². The highest BCUT2D eigenvalue weighted by atomic mass is 19.1. The molecule has 3 rings (SSSR count). The Morgan fingerprint density at radius 1 is 1.24 bits per heavy atom. The molecule has 0 saturated carbocycles. The van der Waals surface area contributed by atoms with Crippen molar-refractivity contribution in [2.24, 2.45) is 11.8 Å². The third-order valence-electron chi connectivity index (χ3n) is 5.61. The highest BCUT2D eigenvalue weighted by Gasteiger charge is 2.46. The molecule has 1 aromatic rings. The number of unbranched alkanes of at least 4 members (excludes halogenated alkanes) is 1. The van der Waals surface area contributed by atoms with Crippen molar-refractivity contribution in [2.45, 2.75) is 56.8 Å². The van der Waals surface area contributed by atoms with Gasteiger partial charge in [0, 0.05) is 12.3 Å². The lowest BCUT2D eigenvalue weighted by Gasteiger charge is -2.25. The number of aliphatic carboxylic acids is 1. The second-order valence-electron chi connectivity index (χ2n) is 7.74. The number of allylic oxidation sites excluding steroid dienone is 2. The van der Waals surface area contributed by atoms with E-state index in [4.69, 9.17) is 14.6 Å². The number of ether oxygens (including phenoxy) is 2. The molecule has 0 aromatic heterocycles. The summed E-state index contributed by atoms with van der Waals surface area (Å²) in [6.07, 6.45) is 12.3. The summed E-state index contributed by atoms with van der Waals surface area (Å²) < 4.78 is 24.5. The van der Waals surface area contributed by atoms with E-state index in [2.05, 4.69) is 12.2 Å². The van der Waals surface area contributed by atoms with Crippen LogP contribution in [-0.2, 0) is 9.53 Å². The van der Waals surface area contributed by atoms with Gasteiger partial charge < -0.3 is 19.7 Å². The summed E-state index contributed by atoms with van der Waals surface area (Å²) in [5, 5.41) is 18.9. The summed E-state index contributed by atoms with van der Waals surface area (Å²) in [5.74, 6) is 0.0833. The molecule has 0 aliphatic carbocycles. The second-order valence-corrected chi connectivity index (χ2v) is 7.74. The van der Waals surface area contributed by atoms with Gasteiger partial charge in [0.25, 0.3) is 0 Å². The topological polar surface area (TPSA) is 76.0 Å². The molecule has 2 aliphatic rings. The number of benzene rings is 1. The number of aliphatic hydroxyl groups excluding tert-OH is 1. The molecule has 0 radical (unpaired) electrons. The normalized spacial score (nSPS) is 27.1. The molecular formula is C23H29FO5. The van der Waals surface area contributed by atoms with Gasteiger partial charge in [-0.25, -0.2) is 4.39 Å². The van der Waals surface area contributed by atoms with Crippen LogP contribution in [0, 0.1) is 17.7 Å². The van der Waals surface area contributed by atoms with Gasteiger partial charge in [0.15, 0.2) is 0 Å². The fourth-order valence-corrected chi connectivity index (χ4v) is 4.15. The Balaban J connectivity index is 1.46. The summed E-state index contributed by atoms with van der Waals surface area (Å²) in [6.45, 7) is 0.109. The Hall–Kier alpha value is -2.18. The number of halogens is 1. The maximum Gasteiger partial charge on any atom is 0.303 e. The number of aliphatic hydroxyl groups is 1. The molecule has 5 unspecified atom stereocenters. The zero-order valence-corrected chi connectivity index (χ0v) is 16.5. The largest absolute Gasteiger partial charge is 0.491 e. The summed E-state index contributed by atoms with van der Waals surface area (Å²) in [4.78, 5) is 10.5. The van der Waals surface area contributed by atoms with E-state index in [-0.39, 0.29) is 37.0 Å². The van der Waals surface area contributed by atoms with Crippen molar-refractivity contribution in [3.63, 3.8) is 0 Å². The molecule has 0 amide bonds. The van der Waals surface area contributed by atoms with E-state index >= 15 is 0 Å². The third-order valence-corrected chi connectivity index (χ3v) is 5.61. The van der Waals surface area contributed by atoms with Crippen LogP contribution >= 0.6 is 0 Å². The molecule has 0 spiro atoms. The number of hydrogen-bond donors (Lipinski definition) is 2. The minimum atomic E-state index is -0.757. The van der Waals surface area contributed by atoms with Gasteiger partial charge in [0.2, 0.25) is 0 Å². The van der Waals surface area contributed by atoms with Crippen LogP contribution in [0.15, 0.2) is 48.6 Å². The van der Waals surface area contributed by atoms with E-state index in [1.165, 1.54) is 24.3 Å². The molecular weight excluding hydrogens is 375 g/mol. The maximum atomic E-state index is 12.9. The van der Waals surface area contributed by atoms with Gasteiger partial charge in [-0.15, -0.1) is 0 Å². The fraction of sp³-hybridized carbons (Fsp3) is 0.522. The van der Waals surface area contributed by atoms with Gasteiger partial charge in [0.1, 0.15) is 24.3 Å². The van der Waals surface area contributed by atoms with Crippen LogP contribution in [0.2, 0.25) is 0 Å². The van der Waals surface area contributed by atoms with Gasteiger partial charge >= 0.3 is 5.97 Å². The Kier molecular flexibility index (Phi) is 7.83. The van der Waals surface area contributed by atoms with Crippen molar-refractivity contribution < 1.29 is 28.9 Å². The fourth-order valence-electron chi connectivity index (χ4n) is 4.15. The van der Waals surface area contributed by atoms with E-state index in [1.54, 1.807) is 6.08 Å². The van der Waals surface area contributed by atoms with Crippen LogP contribution in [0.4, 0.5) is 4.39 Å². The Bertz CT molecular complexity index is 714. The predicted octanol–water partition coefficient (Wildman–Crippen LogP) is 4.12. The quantitative estimate of drug-likeness (QED) is 0.429. The van der Waals surface area contributed by atoms with Crippen LogP contribution in [-0.4, -0.2) is 41.1 Å². The van der Waals surface area contributed by atoms with E-state index in [9.17, 15) is 14.3 Å². The highest BCUT2D eigenvalue weighted by Crippen LogP contribution is 2.45. The van der Waals surface area contributed by atoms with Gasteiger partial charge in [-0.1, -0.05) is 24.3 Å². The molecule has 5 atom stereocenters. The molecule has 2 bridgehead atoms. The van der Waals surface area contributed by atoms with E-state index in [0.29, 0.717) is 18.1 Å². The van der Waals surface area contributed by atoms with Gasteiger partial charge in [-0.2, -0.15) is 0 Å². The molecule has 2 N–H and O–H groups in total. The molecule has 158 valence electrons. The average Bonchev–Trinajstić information content (AvgIpc) is 3.30. The van der Waals surface area contributed by atoms with Crippen LogP contribution < -0.4 is 4.74 Å². The smallest absolute Gasteiger partial charge is 0.303 e. The lowest BCUT2D eigenvalue weighted by Crippen LogP contribution is -2.26. The van der Waals surface area contributed by atoms with Crippen molar-refractivity contribution in [3.8, 4) is 5.75 Å². The Morgan fingerprint density at radius 3 is 2.76 bits per heavy atom. The minimum absolute atomic E-state index is 0.109. The number of carboxylic acids is 1. The SMILES string of the molecule is O=C(O)CCCC=CCC1C2CCC(O2)C1C=CC(O)COc1ccc(F)cc1. The third kappa shape index (κ3) is 6.41. The molecule has 1 aromatic carbocycles.